The molecule has 0 bridgehead atoms. The number of likely N-dealkylation sites (tertiary alicyclic amines) is 1. The molecule has 49 heavy (non-hydrogen) atoms. The van der Waals surface area contributed by atoms with Crippen LogP contribution in [0.25, 0.3) is 10.4 Å². The average molecular weight is 673 g/mol. The monoisotopic (exact) mass is 672 g/mol. The molecule has 0 radical (unpaired) electrons. The number of nitrogens with two attached hydrogens (primary N) is 1. The Balaban J connectivity index is 1.48. The molecule has 0 aromatic heterocycles. The van der Waals surface area contributed by atoms with Crippen LogP contribution in [0.15, 0.2) is 83.3 Å². The van der Waals surface area contributed by atoms with Gasteiger partial charge in [0.15, 0.2) is 0 Å². The minimum atomic E-state index is -0.686. The lowest BCUT2D eigenvalue weighted by atomic mass is 9.72. The van der Waals surface area contributed by atoms with Gasteiger partial charge in [-0.25, -0.2) is 4.79 Å². The number of allylic oxidation sites excluding steroid dienone is 2. The van der Waals surface area contributed by atoms with E-state index in [1.54, 1.807) is 29.3 Å². The zero-order valence-electron chi connectivity index (χ0n) is 28.1. The first-order chi connectivity index (χ1) is 23.7. The molecule has 1 fully saturated rings. The van der Waals surface area contributed by atoms with Crippen LogP contribution in [0.2, 0.25) is 0 Å². The standard InChI is InChI=1S/C35H44N8O6/c1-3-30-31(32(36)44)29(26-12-14-28(15-13-26)43(47)48)16-23-42(30)34(46)41(21-8-7-19-38-39-37)22-9-20-40-24-17-35(18-25-40,33(45)49-2)27-10-5-4-6-11-27/h4-6,10-16,23,29H,3,7-9,17-22,24-25H2,1-2H3,(H2,36,44). The molecule has 2 N–H and O–H groups in total. The Morgan fingerprint density at radius 1 is 1.08 bits per heavy atom. The molecule has 0 saturated carbocycles. The molecule has 2 aliphatic rings. The van der Waals surface area contributed by atoms with Gasteiger partial charge in [0.25, 0.3) is 5.69 Å². The van der Waals surface area contributed by atoms with E-state index in [0.29, 0.717) is 82.5 Å². The van der Waals surface area contributed by atoms with Crippen LogP contribution in [0, 0.1) is 10.1 Å². The predicted octanol–water partition coefficient (Wildman–Crippen LogP) is 5.77. The molecule has 4 rings (SSSR count). The van der Waals surface area contributed by atoms with Gasteiger partial charge in [-0.15, -0.1) is 0 Å². The first kappa shape index (κ1) is 36.6. The third-order valence-corrected chi connectivity index (χ3v) is 9.39. The van der Waals surface area contributed by atoms with Crippen LogP contribution in [-0.4, -0.2) is 83.9 Å². The van der Waals surface area contributed by atoms with Crippen LogP contribution >= 0.6 is 0 Å². The van der Waals surface area contributed by atoms with E-state index in [1.165, 1.54) is 24.1 Å². The second kappa shape index (κ2) is 17.3. The number of hydrogen-bond acceptors (Lipinski definition) is 8. The van der Waals surface area contributed by atoms with E-state index in [1.807, 2.05) is 37.3 Å². The van der Waals surface area contributed by atoms with Crippen molar-refractivity contribution in [2.75, 3.05) is 46.4 Å². The summed E-state index contributed by atoms with van der Waals surface area (Å²) in [5.41, 5.74) is 16.1. The highest BCUT2D eigenvalue weighted by molar-refractivity contribution is 5.96. The van der Waals surface area contributed by atoms with Gasteiger partial charge < -0.3 is 20.3 Å². The van der Waals surface area contributed by atoms with Crippen molar-refractivity contribution in [3.8, 4) is 0 Å². The Kier molecular flexibility index (Phi) is 12.9. The quantitative estimate of drug-likeness (QED) is 0.0473. The van der Waals surface area contributed by atoms with Gasteiger partial charge in [0.05, 0.1) is 17.4 Å². The number of carbonyl (C=O) groups excluding carboxylic acids is 3. The minimum Gasteiger partial charge on any atom is -0.468 e. The molecule has 2 aromatic carbocycles. The number of nitrogens with zero attached hydrogens (tertiary/aromatic N) is 7. The first-order valence-corrected chi connectivity index (χ1v) is 16.6. The van der Waals surface area contributed by atoms with Crippen LogP contribution in [-0.2, 0) is 19.7 Å². The predicted molar refractivity (Wildman–Crippen MR) is 184 cm³/mol. The molecule has 0 aliphatic carbocycles. The molecule has 2 aliphatic heterocycles. The number of carbonyl (C=O) groups is 3. The third kappa shape index (κ3) is 8.64. The van der Waals surface area contributed by atoms with Crippen molar-refractivity contribution < 1.29 is 24.0 Å². The van der Waals surface area contributed by atoms with E-state index in [0.717, 1.165) is 12.1 Å². The Morgan fingerprint density at radius 2 is 1.76 bits per heavy atom. The molecule has 2 aromatic rings. The summed E-state index contributed by atoms with van der Waals surface area (Å²) in [6, 6.07) is 15.4. The van der Waals surface area contributed by atoms with Crippen molar-refractivity contribution >= 4 is 23.6 Å². The summed E-state index contributed by atoms with van der Waals surface area (Å²) in [6.07, 6.45) is 6.86. The van der Waals surface area contributed by atoms with Crippen molar-refractivity contribution in [3.05, 3.63) is 110 Å². The maximum absolute atomic E-state index is 14.1. The topological polar surface area (TPSA) is 188 Å². The highest BCUT2D eigenvalue weighted by Gasteiger charge is 2.44. The summed E-state index contributed by atoms with van der Waals surface area (Å²) in [5.74, 6) is -1.47. The smallest absolute Gasteiger partial charge is 0.328 e. The number of unbranched alkanes of at least 4 members (excludes halogenated alkanes) is 1. The van der Waals surface area contributed by atoms with Crippen LogP contribution in [0.3, 0.4) is 0 Å². The number of urea groups is 1. The number of benzene rings is 2. The number of nitro benzene ring substituents is 1. The number of esters is 1. The van der Waals surface area contributed by atoms with Gasteiger partial charge in [0.2, 0.25) is 5.91 Å². The number of hydrogen-bond donors (Lipinski definition) is 1. The fourth-order valence-corrected chi connectivity index (χ4v) is 6.78. The zero-order valence-corrected chi connectivity index (χ0v) is 28.1. The summed E-state index contributed by atoms with van der Waals surface area (Å²) >= 11 is 0. The molecule has 3 amide bonds. The lowest BCUT2D eigenvalue weighted by molar-refractivity contribution is -0.384. The van der Waals surface area contributed by atoms with E-state index < -0.39 is 22.2 Å². The minimum absolute atomic E-state index is 0.0692. The second-order valence-electron chi connectivity index (χ2n) is 12.2. The molecule has 1 atom stereocenters. The first-order valence-electron chi connectivity index (χ1n) is 16.6. The van der Waals surface area contributed by atoms with E-state index in [4.69, 9.17) is 16.0 Å². The second-order valence-corrected chi connectivity index (χ2v) is 12.2. The van der Waals surface area contributed by atoms with Crippen LogP contribution in [0.5, 0.6) is 0 Å². The molecule has 1 unspecified atom stereocenters. The zero-order chi connectivity index (χ0) is 35.4. The number of amides is 3. The highest BCUT2D eigenvalue weighted by atomic mass is 16.6. The summed E-state index contributed by atoms with van der Waals surface area (Å²) in [4.78, 5) is 58.9. The van der Waals surface area contributed by atoms with Crippen molar-refractivity contribution in [1.82, 2.24) is 14.7 Å². The SMILES string of the molecule is CCC1=C(C(N)=O)C(c2ccc([N+](=O)[O-])cc2)C=CN1C(=O)N(CCCCN=[N+]=[N-])CCCN1CCC(C(=O)OC)(c2ccccc2)CC1. The lowest BCUT2D eigenvalue weighted by Gasteiger charge is -2.40. The Labute approximate surface area is 285 Å². The Bertz CT molecular complexity index is 1600. The normalized spacial score (nSPS) is 17.3. The van der Waals surface area contributed by atoms with Gasteiger partial charge in [-0.3, -0.25) is 24.6 Å². The number of primary amides is 1. The Hall–Kier alpha value is -5.20. The number of azide groups is 1. The number of methoxy groups -OCH3 is 1. The summed E-state index contributed by atoms with van der Waals surface area (Å²) in [5, 5.41) is 14.8. The molecule has 1 saturated heterocycles. The molecule has 14 nitrogen and oxygen atoms in total. The number of ether oxygens (including phenoxy) is 1. The van der Waals surface area contributed by atoms with Gasteiger partial charge in [-0.2, -0.15) is 0 Å². The van der Waals surface area contributed by atoms with E-state index in [9.17, 15) is 24.5 Å². The fourth-order valence-electron chi connectivity index (χ4n) is 6.78. The maximum Gasteiger partial charge on any atom is 0.328 e. The molecule has 14 heteroatoms. The molecular weight excluding hydrogens is 628 g/mol. The third-order valence-electron chi connectivity index (χ3n) is 9.39. The van der Waals surface area contributed by atoms with Crippen molar-refractivity contribution in [1.29, 1.82) is 0 Å². The molecular formula is C35H44N8O6. The number of piperidine rings is 1. The van der Waals surface area contributed by atoms with Crippen LogP contribution in [0.4, 0.5) is 10.5 Å². The van der Waals surface area contributed by atoms with Crippen molar-refractivity contribution in [2.24, 2.45) is 10.8 Å². The number of rotatable bonds is 15. The molecule has 2 heterocycles. The van der Waals surface area contributed by atoms with Crippen LogP contribution in [0.1, 0.15) is 62.5 Å². The average Bonchev–Trinajstić information content (AvgIpc) is 3.13. The van der Waals surface area contributed by atoms with Gasteiger partial charge in [0, 0.05) is 60.1 Å². The lowest BCUT2D eigenvalue weighted by Crippen LogP contribution is -2.48. The largest absolute Gasteiger partial charge is 0.468 e. The number of non-ortho nitro benzene ring substituents is 1. The van der Waals surface area contributed by atoms with E-state index >= 15 is 0 Å². The fraction of sp³-hybridized carbons (Fsp3) is 0.457. The molecule has 0 spiro atoms. The highest BCUT2D eigenvalue weighted by Crippen LogP contribution is 2.38. The van der Waals surface area contributed by atoms with E-state index in [2.05, 4.69) is 14.9 Å². The van der Waals surface area contributed by atoms with Gasteiger partial charge in [-0.05, 0) is 74.8 Å². The summed E-state index contributed by atoms with van der Waals surface area (Å²) in [7, 11) is 1.43. The molecule has 260 valence electrons. The van der Waals surface area contributed by atoms with Gasteiger partial charge in [0.1, 0.15) is 0 Å². The van der Waals surface area contributed by atoms with Crippen molar-refractivity contribution in [2.45, 2.75) is 56.8 Å². The van der Waals surface area contributed by atoms with Crippen molar-refractivity contribution in [3.63, 3.8) is 0 Å². The summed E-state index contributed by atoms with van der Waals surface area (Å²) < 4.78 is 5.23. The summed E-state index contributed by atoms with van der Waals surface area (Å²) in [6.45, 7) is 5.14. The van der Waals surface area contributed by atoms with Crippen LogP contribution < -0.4 is 5.73 Å². The number of nitro groups is 1. The Morgan fingerprint density at radius 3 is 2.35 bits per heavy atom. The maximum atomic E-state index is 14.1. The van der Waals surface area contributed by atoms with Gasteiger partial charge in [-0.1, -0.05) is 60.6 Å². The van der Waals surface area contributed by atoms with E-state index in [-0.39, 0.29) is 23.3 Å². The van der Waals surface area contributed by atoms with Gasteiger partial charge >= 0.3 is 12.0 Å².